The van der Waals surface area contributed by atoms with Gasteiger partial charge in [0.15, 0.2) is 0 Å². The normalized spacial score (nSPS) is 14.8. The van der Waals surface area contributed by atoms with E-state index < -0.39 is 6.10 Å². The quantitative estimate of drug-likeness (QED) is 0.801. The molecule has 90 valence electrons. The van der Waals surface area contributed by atoms with Gasteiger partial charge in [-0.15, -0.1) is 0 Å². The highest BCUT2D eigenvalue weighted by Gasteiger charge is 2.11. The second kappa shape index (κ2) is 6.66. The molecule has 0 fully saturated rings. The molecule has 1 aromatic carbocycles. The molecule has 0 heterocycles. The topological polar surface area (TPSA) is 29.5 Å². The van der Waals surface area contributed by atoms with E-state index in [0.29, 0.717) is 6.42 Å². The van der Waals surface area contributed by atoms with Crippen molar-refractivity contribution in [3.05, 3.63) is 35.4 Å². The number of ether oxygens (including phenoxy) is 1. The highest BCUT2D eigenvalue weighted by atomic mass is 16.5. The molecule has 0 bridgehead atoms. The Morgan fingerprint density at radius 3 is 2.38 bits per heavy atom. The summed E-state index contributed by atoms with van der Waals surface area (Å²) < 4.78 is 5.14. The maximum atomic E-state index is 9.96. The van der Waals surface area contributed by atoms with E-state index in [9.17, 15) is 5.11 Å². The van der Waals surface area contributed by atoms with E-state index in [1.807, 2.05) is 19.1 Å². The molecule has 0 amide bonds. The lowest BCUT2D eigenvalue weighted by Crippen LogP contribution is -2.10. The fraction of sp³-hybridized carbons (Fsp3) is 0.571. The summed E-state index contributed by atoms with van der Waals surface area (Å²) in [6.45, 7) is 4.14. The first-order chi connectivity index (χ1) is 7.67. The fourth-order valence-corrected chi connectivity index (χ4v) is 1.74. The van der Waals surface area contributed by atoms with Crippen LogP contribution in [0.2, 0.25) is 0 Å². The van der Waals surface area contributed by atoms with E-state index in [0.717, 1.165) is 18.4 Å². The van der Waals surface area contributed by atoms with Crippen LogP contribution in [0.3, 0.4) is 0 Å². The molecular weight excluding hydrogens is 200 g/mol. The predicted molar refractivity (Wildman–Crippen MR) is 66.5 cm³/mol. The van der Waals surface area contributed by atoms with Gasteiger partial charge in [-0.25, -0.2) is 0 Å². The summed E-state index contributed by atoms with van der Waals surface area (Å²) >= 11 is 0. The van der Waals surface area contributed by atoms with E-state index in [4.69, 9.17) is 4.74 Å². The van der Waals surface area contributed by atoms with Crippen molar-refractivity contribution in [2.75, 3.05) is 7.11 Å². The van der Waals surface area contributed by atoms with Gasteiger partial charge in [0.25, 0.3) is 0 Å². The maximum absolute atomic E-state index is 9.96. The minimum Gasteiger partial charge on any atom is -0.388 e. The third-order valence-electron chi connectivity index (χ3n) is 2.86. The molecule has 2 nitrogen and oxygen atoms in total. The number of aliphatic hydroxyl groups is 1. The van der Waals surface area contributed by atoms with Gasteiger partial charge in [0.05, 0.1) is 12.2 Å². The second-order valence-electron chi connectivity index (χ2n) is 4.29. The van der Waals surface area contributed by atoms with Crippen LogP contribution in [0.4, 0.5) is 0 Å². The number of aryl methyl sites for hydroxylation is 1. The first-order valence-corrected chi connectivity index (χ1v) is 5.97. The number of hydrogen-bond acceptors (Lipinski definition) is 2. The van der Waals surface area contributed by atoms with Crippen molar-refractivity contribution < 1.29 is 9.84 Å². The first-order valence-electron chi connectivity index (χ1n) is 5.97. The predicted octanol–water partition coefficient (Wildman–Crippen LogP) is 3.10. The minimum atomic E-state index is -0.425. The van der Waals surface area contributed by atoms with Crippen LogP contribution in [-0.2, 0) is 11.2 Å². The number of aliphatic hydroxyl groups excluding tert-OH is 1. The number of methoxy groups -OCH3 is 1. The van der Waals surface area contributed by atoms with Crippen molar-refractivity contribution in [3.63, 3.8) is 0 Å². The molecule has 0 spiro atoms. The van der Waals surface area contributed by atoms with E-state index in [1.54, 1.807) is 7.11 Å². The summed E-state index contributed by atoms with van der Waals surface area (Å²) in [5.74, 6) is 0. The molecule has 0 aliphatic rings. The Labute approximate surface area is 98.3 Å². The molecule has 0 saturated heterocycles. The molecule has 0 aromatic heterocycles. The zero-order valence-corrected chi connectivity index (χ0v) is 10.4. The lowest BCUT2D eigenvalue weighted by atomic mass is 10.0. The van der Waals surface area contributed by atoms with Gasteiger partial charge >= 0.3 is 0 Å². The molecule has 1 rings (SSSR count). The molecular formula is C14H22O2. The summed E-state index contributed by atoms with van der Waals surface area (Å²) in [5, 5.41) is 9.96. The number of benzene rings is 1. The molecule has 0 aliphatic carbocycles. The van der Waals surface area contributed by atoms with Gasteiger partial charge in [-0.3, -0.25) is 0 Å². The average Bonchev–Trinajstić information content (AvgIpc) is 2.30. The first kappa shape index (κ1) is 13.2. The molecule has 0 saturated carbocycles. The van der Waals surface area contributed by atoms with Crippen molar-refractivity contribution in [3.8, 4) is 0 Å². The SMILES string of the molecule is CCCc1ccc(C(O)CC(C)OC)cc1. The third-order valence-corrected chi connectivity index (χ3v) is 2.86. The van der Waals surface area contributed by atoms with Gasteiger partial charge in [-0.05, 0) is 24.5 Å². The largest absolute Gasteiger partial charge is 0.388 e. The summed E-state index contributed by atoms with van der Waals surface area (Å²) in [7, 11) is 1.67. The average molecular weight is 222 g/mol. The monoisotopic (exact) mass is 222 g/mol. The summed E-state index contributed by atoms with van der Waals surface area (Å²) in [6.07, 6.45) is 2.56. The van der Waals surface area contributed by atoms with Gasteiger partial charge < -0.3 is 9.84 Å². The smallest absolute Gasteiger partial charge is 0.0814 e. The van der Waals surface area contributed by atoms with Crippen LogP contribution in [-0.4, -0.2) is 18.3 Å². The van der Waals surface area contributed by atoms with Crippen LogP contribution in [0.5, 0.6) is 0 Å². The van der Waals surface area contributed by atoms with Crippen LogP contribution in [0.1, 0.15) is 43.9 Å². The Balaban J connectivity index is 2.59. The highest BCUT2D eigenvalue weighted by Crippen LogP contribution is 2.20. The summed E-state index contributed by atoms with van der Waals surface area (Å²) in [6, 6.07) is 8.22. The molecule has 2 heteroatoms. The zero-order chi connectivity index (χ0) is 12.0. The van der Waals surface area contributed by atoms with E-state index >= 15 is 0 Å². The van der Waals surface area contributed by atoms with Gasteiger partial charge in [-0.2, -0.15) is 0 Å². The van der Waals surface area contributed by atoms with Crippen molar-refractivity contribution >= 4 is 0 Å². The van der Waals surface area contributed by atoms with Gasteiger partial charge in [0, 0.05) is 13.5 Å². The van der Waals surface area contributed by atoms with Crippen molar-refractivity contribution in [1.29, 1.82) is 0 Å². The minimum absolute atomic E-state index is 0.0883. The van der Waals surface area contributed by atoms with E-state index in [1.165, 1.54) is 5.56 Å². The molecule has 2 atom stereocenters. The Morgan fingerprint density at radius 2 is 1.88 bits per heavy atom. The Kier molecular flexibility index (Phi) is 5.50. The van der Waals surface area contributed by atoms with Crippen molar-refractivity contribution in [2.45, 2.75) is 45.3 Å². The van der Waals surface area contributed by atoms with Crippen molar-refractivity contribution in [2.24, 2.45) is 0 Å². The highest BCUT2D eigenvalue weighted by molar-refractivity contribution is 5.24. The van der Waals surface area contributed by atoms with Gasteiger partial charge in [-0.1, -0.05) is 37.6 Å². The lowest BCUT2D eigenvalue weighted by molar-refractivity contribution is 0.0560. The zero-order valence-electron chi connectivity index (χ0n) is 10.4. The van der Waals surface area contributed by atoms with Crippen LogP contribution < -0.4 is 0 Å². The maximum Gasteiger partial charge on any atom is 0.0814 e. The molecule has 16 heavy (non-hydrogen) atoms. The number of hydrogen-bond donors (Lipinski definition) is 1. The van der Waals surface area contributed by atoms with Gasteiger partial charge in [0.2, 0.25) is 0 Å². The van der Waals surface area contributed by atoms with Crippen LogP contribution in [0.15, 0.2) is 24.3 Å². The van der Waals surface area contributed by atoms with Gasteiger partial charge in [0.1, 0.15) is 0 Å². The molecule has 0 radical (unpaired) electrons. The second-order valence-corrected chi connectivity index (χ2v) is 4.29. The van der Waals surface area contributed by atoms with Crippen molar-refractivity contribution in [1.82, 2.24) is 0 Å². The molecule has 0 aliphatic heterocycles. The number of rotatable bonds is 6. The van der Waals surface area contributed by atoms with Crippen LogP contribution in [0.25, 0.3) is 0 Å². The van der Waals surface area contributed by atoms with Crippen LogP contribution >= 0.6 is 0 Å². The molecule has 2 unspecified atom stereocenters. The lowest BCUT2D eigenvalue weighted by Gasteiger charge is -2.15. The molecule has 1 N–H and O–H groups in total. The Hall–Kier alpha value is -0.860. The molecule has 1 aromatic rings. The standard InChI is InChI=1S/C14H22O2/c1-4-5-12-6-8-13(9-7-12)14(15)10-11(2)16-3/h6-9,11,14-15H,4-5,10H2,1-3H3. The van der Waals surface area contributed by atoms with E-state index in [2.05, 4.69) is 19.1 Å². The third kappa shape index (κ3) is 3.95. The van der Waals surface area contributed by atoms with E-state index in [-0.39, 0.29) is 6.10 Å². The fourth-order valence-electron chi connectivity index (χ4n) is 1.74. The van der Waals surface area contributed by atoms with Crippen LogP contribution in [0, 0.1) is 0 Å². The Morgan fingerprint density at radius 1 is 1.25 bits per heavy atom. The Bertz CT molecular complexity index is 292. The summed E-state index contributed by atoms with van der Waals surface area (Å²) in [4.78, 5) is 0. The summed E-state index contributed by atoms with van der Waals surface area (Å²) in [5.41, 5.74) is 2.31.